The molecule has 0 heterocycles. The van der Waals surface area contributed by atoms with Gasteiger partial charge >= 0.3 is 0 Å². The van der Waals surface area contributed by atoms with Crippen molar-refractivity contribution < 1.29 is 14.2 Å². The molecule has 0 fully saturated rings. The molecule has 0 bridgehead atoms. The molecule has 3 nitrogen and oxygen atoms in total. The van der Waals surface area contributed by atoms with E-state index in [-0.39, 0.29) is 11.6 Å². The second-order valence-corrected chi connectivity index (χ2v) is 4.10. The maximum Gasteiger partial charge on any atom is 0.145 e. The van der Waals surface area contributed by atoms with Crippen LogP contribution in [0, 0.1) is 5.82 Å². The molecule has 2 N–H and O–H groups in total. The number of nitrogens with one attached hydrogen (secondary N) is 1. The number of phenolic OH excluding ortho intramolecular Hbond substituents is 1. The predicted molar refractivity (Wildman–Crippen MR) is 73.0 cm³/mol. The van der Waals surface area contributed by atoms with E-state index in [9.17, 15) is 9.50 Å². The summed E-state index contributed by atoms with van der Waals surface area (Å²) in [7, 11) is 0. The molecular weight excluding hydrogens is 245 g/mol. The minimum absolute atomic E-state index is 0.225. The lowest BCUT2D eigenvalue weighted by atomic mass is 10.2. The molecule has 4 heteroatoms. The first-order chi connectivity index (χ1) is 9.19. The molecule has 0 aliphatic heterocycles. The molecule has 0 amide bonds. The van der Waals surface area contributed by atoms with Gasteiger partial charge in [-0.25, -0.2) is 4.39 Å². The quantitative estimate of drug-likeness (QED) is 0.865. The Balaban J connectivity index is 2.10. The SMILES string of the molecule is CCOc1cc(F)ccc1NCc1cccc(O)c1. The highest BCUT2D eigenvalue weighted by atomic mass is 19.1. The summed E-state index contributed by atoms with van der Waals surface area (Å²) >= 11 is 0. The summed E-state index contributed by atoms with van der Waals surface area (Å²) in [6.07, 6.45) is 0. The first-order valence-electron chi connectivity index (χ1n) is 6.13. The van der Waals surface area contributed by atoms with E-state index in [4.69, 9.17) is 4.74 Å². The lowest BCUT2D eigenvalue weighted by Crippen LogP contribution is -2.03. The molecule has 0 unspecified atom stereocenters. The Bertz CT molecular complexity index is 558. The van der Waals surface area contributed by atoms with Gasteiger partial charge in [0.2, 0.25) is 0 Å². The van der Waals surface area contributed by atoms with Crippen LogP contribution in [0.2, 0.25) is 0 Å². The van der Waals surface area contributed by atoms with Crippen molar-refractivity contribution in [3.8, 4) is 11.5 Å². The van der Waals surface area contributed by atoms with Crippen LogP contribution in [-0.2, 0) is 6.54 Å². The number of anilines is 1. The zero-order valence-corrected chi connectivity index (χ0v) is 10.7. The summed E-state index contributed by atoms with van der Waals surface area (Å²) in [5.41, 5.74) is 1.67. The van der Waals surface area contributed by atoms with E-state index in [1.807, 2.05) is 13.0 Å². The van der Waals surface area contributed by atoms with Crippen LogP contribution < -0.4 is 10.1 Å². The third-order valence-electron chi connectivity index (χ3n) is 2.64. The van der Waals surface area contributed by atoms with Crippen molar-refractivity contribution in [1.29, 1.82) is 0 Å². The van der Waals surface area contributed by atoms with Gasteiger partial charge in [0.15, 0.2) is 0 Å². The number of hydrogen-bond acceptors (Lipinski definition) is 3. The van der Waals surface area contributed by atoms with Crippen LogP contribution >= 0.6 is 0 Å². The monoisotopic (exact) mass is 261 g/mol. The second kappa shape index (κ2) is 6.09. The molecule has 0 saturated carbocycles. The Morgan fingerprint density at radius 3 is 2.79 bits per heavy atom. The van der Waals surface area contributed by atoms with Crippen LogP contribution in [0.1, 0.15) is 12.5 Å². The van der Waals surface area contributed by atoms with E-state index in [2.05, 4.69) is 5.32 Å². The number of rotatable bonds is 5. The van der Waals surface area contributed by atoms with Gasteiger partial charge < -0.3 is 15.2 Å². The van der Waals surface area contributed by atoms with Crippen molar-refractivity contribution in [1.82, 2.24) is 0 Å². The standard InChI is InChI=1S/C15H16FNO2/c1-2-19-15-9-12(16)6-7-14(15)17-10-11-4-3-5-13(18)8-11/h3-9,17-18H,2,10H2,1H3. The number of benzene rings is 2. The molecule has 0 atom stereocenters. The van der Waals surface area contributed by atoms with Crippen LogP contribution in [-0.4, -0.2) is 11.7 Å². The highest BCUT2D eigenvalue weighted by Crippen LogP contribution is 2.26. The summed E-state index contributed by atoms with van der Waals surface area (Å²) in [4.78, 5) is 0. The normalized spacial score (nSPS) is 10.2. The third-order valence-corrected chi connectivity index (χ3v) is 2.64. The van der Waals surface area contributed by atoms with Gasteiger partial charge in [-0.1, -0.05) is 12.1 Å². The smallest absolute Gasteiger partial charge is 0.145 e. The van der Waals surface area contributed by atoms with Gasteiger partial charge in [-0.2, -0.15) is 0 Å². The summed E-state index contributed by atoms with van der Waals surface area (Å²) < 4.78 is 18.5. The van der Waals surface area contributed by atoms with Crippen LogP contribution in [0.5, 0.6) is 11.5 Å². The lowest BCUT2D eigenvalue weighted by molar-refractivity contribution is 0.340. The van der Waals surface area contributed by atoms with Gasteiger partial charge in [0.1, 0.15) is 17.3 Å². The molecule has 0 saturated heterocycles. The van der Waals surface area contributed by atoms with E-state index >= 15 is 0 Å². The van der Waals surface area contributed by atoms with Crippen molar-refractivity contribution in [2.45, 2.75) is 13.5 Å². The molecule has 2 aromatic carbocycles. The summed E-state index contributed by atoms with van der Waals surface area (Å²) in [6, 6.07) is 11.4. The van der Waals surface area contributed by atoms with Crippen molar-refractivity contribution in [3.63, 3.8) is 0 Å². The molecule has 100 valence electrons. The molecule has 2 rings (SSSR count). The highest BCUT2D eigenvalue weighted by Gasteiger charge is 2.05. The van der Waals surface area contributed by atoms with E-state index in [0.717, 1.165) is 11.3 Å². The van der Waals surface area contributed by atoms with Crippen molar-refractivity contribution in [2.75, 3.05) is 11.9 Å². The second-order valence-electron chi connectivity index (χ2n) is 4.10. The minimum Gasteiger partial charge on any atom is -0.508 e. The van der Waals surface area contributed by atoms with Gasteiger partial charge in [0.05, 0.1) is 12.3 Å². The summed E-state index contributed by atoms with van der Waals surface area (Å²) in [5.74, 6) is 0.387. The fourth-order valence-corrected chi connectivity index (χ4v) is 1.78. The van der Waals surface area contributed by atoms with Crippen LogP contribution in [0.3, 0.4) is 0 Å². The summed E-state index contributed by atoms with van der Waals surface area (Å²) in [6.45, 7) is 2.86. The van der Waals surface area contributed by atoms with Gasteiger partial charge in [-0.05, 0) is 36.8 Å². The molecule has 2 aromatic rings. The van der Waals surface area contributed by atoms with Crippen LogP contribution in [0.4, 0.5) is 10.1 Å². The first kappa shape index (κ1) is 13.2. The average Bonchev–Trinajstić information content (AvgIpc) is 2.38. The third kappa shape index (κ3) is 3.61. The predicted octanol–water partition coefficient (Wildman–Crippen LogP) is 3.54. The number of halogens is 1. The van der Waals surface area contributed by atoms with Crippen molar-refractivity contribution >= 4 is 5.69 Å². The Labute approximate surface area is 111 Å². The van der Waals surface area contributed by atoms with Gasteiger partial charge in [-0.3, -0.25) is 0 Å². The number of phenols is 1. The minimum atomic E-state index is -0.327. The number of aromatic hydroxyl groups is 1. The van der Waals surface area contributed by atoms with E-state index < -0.39 is 0 Å². The fourth-order valence-electron chi connectivity index (χ4n) is 1.78. The maximum absolute atomic E-state index is 13.1. The molecule has 0 aliphatic rings. The maximum atomic E-state index is 13.1. The topological polar surface area (TPSA) is 41.5 Å². The Hall–Kier alpha value is -2.23. The van der Waals surface area contributed by atoms with E-state index in [1.165, 1.54) is 12.1 Å². The Kier molecular flexibility index (Phi) is 4.23. The molecule has 0 spiro atoms. The zero-order valence-electron chi connectivity index (χ0n) is 10.7. The zero-order chi connectivity index (χ0) is 13.7. The molecule has 0 aliphatic carbocycles. The van der Waals surface area contributed by atoms with Crippen LogP contribution in [0.25, 0.3) is 0 Å². The lowest BCUT2D eigenvalue weighted by Gasteiger charge is -2.12. The first-order valence-corrected chi connectivity index (χ1v) is 6.13. The largest absolute Gasteiger partial charge is 0.508 e. The molecule has 0 radical (unpaired) electrons. The van der Waals surface area contributed by atoms with Gasteiger partial charge in [-0.15, -0.1) is 0 Å². The number of ether oxygens (including phenoxy) is 1. The van der Waals surface area contributed by atoms with E-state index in [1.54, 1.807) is 24.3 Å². The van der Waals surface area contributed by atoms with Crippen molar-refractivity contribution in [2.24, 2.45) is 0 Å². The van der Waals surface area contributed by atoms with Crippen molar-refractivity contribution in [3.05, 3.63) is 53.8 Å². The molecular formula is C15H16FNO2. The average molecular weight is 261 g/mol. The fraction of sp³-hybridized carbons (Fsp3) is 0.200. The number of hydrogen-bond donors (Lipinski definition) is 2. The molecule has 19 heavy (non-hydrogen) atoms. The van der Waals surface area contributed by atoms with Crippen LogP contribution in [0.15, 0.2) is 42.5 Å². The summed E-state index contributed by atoms with van der Waals surface area (Å²) in [5, 5.41) is 12.5. The Morgan fingerprint density at radius 2 is 2.05 bits per heavy atom. The Morgan fingerprint density at radius 1 is 1.21 bits per heavy atom. The highest BCUT2D eigenvalue weighted by molar-refractivity contribution is 5.56. The van der Waals surface area contributed by atoms with E-state index in [0.29, 0.717) is 18.9 Å². The molecule has 0 aromatic heterocycles. The van der Waals surface area contributed by atoms with Gasteiger partial charge in [0, 0.05) is 12.6 Å². The van der Waals surface area contributed by atoms with Gasteiger partial charge in [0.25, 0.3) is 0 Å².